The second kappa shape index (κ2) is 10.2. The number of nitrogens with one attached hydrogen (secondary N) is 1. The number of hydrogen-bond donors (Lipinski definition) is 1. The Morgan fingerprint density at radius 1 is 0.927 bits per heavy atom. The topological polar surface area (TPSA) is 85.1 Å². The Morgan fingerprint density at radius 3 is 2.44 bits per heavy atom. The molecule has 0 aliphatic heterocycles. The molecule has 1 aliphatic rings. The van der Waals surface area contributed by atoms with Crippen LogP contribution in [0, 0.1) is 6.92 Å². The summed E-state index contributed by atoms with van der Waals surface area (Å²) in [4.78, 5) is 9.50. The van der Waals surface area contributed by atoms with Gasteiger partial charge in [0.05, 0.1) is 16.6 Å². The summed E-state index contributed by atoms with van der Waals surface area (Å²) in [6.07, 6.45) is -1.11. The van der Waals surface area contributed by atoms with Crippen molar-refractivity contribution in [3.63, 3.8) is 0 Å². The van der Waals surface area contributed by atoms with Crippen LogP contribution < -0.4 is 14.3 Å². The van der Waals surface area contributed by atoms with Crippen molar-refractivity contribution in [2.45, 2.75) is 36.8 Å². The maximum Gasteiger partial charge on any atom is 0.416 e. The summed E-state index contributed by atoms with van der Waals surface area (Å²) in [5.41, 5.74) is 1.87. The van der Waals surface area contributed by atoms with E-state index < -0.39 is 21.9 Å². The van der Waals surface area contributed by atoms with Crippen LogP contribution in [0.4, 0.5) is 24.7 Å². The highest BCUT2D eigenvalue weighted by Crippen LogP contribution is 2.41. The van der Waals surface area contributed by atoms with E-state index in [1.165, 1.54) is 29.1 Å². The molecule has 41 heavy (non-hydrogen) atoms. The minimum atomic E-state index is -4.47. The first-order valence-corrected chi connectivity index (χ1v) is 14.3. The Hall–Kier alpha value is -4.51. The van der Waals surface area contributed by atoms with Gasteiger partial charge in [-0.1, -0.05) is 30.3 Å². The molecule has 0 spiro atoms. The van der Waals surface area contributed by atoms with E-state index in [1.807, 2.05) is 18.2 Å². The second-order valence-electron chi connectivity index (χ2n) is 9.83. The number of pyridine rings is 1. The summed E-state index contributed by atoms with van der Waals surface area (Å²) < 4.78 is 72.5. The minimum absolute atomic E-state index is 0.0201. The fourth-order valence-electron chi connectivity index (χ4n) is 4.50. The zero-order valence-electron chi connectivity index (χ0n) is 21.8. The highest BCUT2D eigenvalue weighted by atomic mass is 32.2. The highest BCUT2D eigenvalue weighted by molar-refractivity contribution is 7.86. The molecule has 2 aromatic heterocycles. The summed E-state index contributed by atoms with van der Waals surface area (Å²) >= 11 is 0. The minimum Gasteiger partial charge on any atom is -0.340 e. The van der Waals surface area contributed by atoms with Crippen molar-refractivity contribution >= 4 is 32.5 Å². The van der Waals surface area contributed by atoms with Crippen molar-refractivity contribution in [3.05, 3.63) is 108 Å². The molecule has 0 amide bonds. The molecule has 1 aliphatic carbocycles. The molecule has 0 saturated heterocycles. The van der Waals surface area contributed by atoms with Gasteiger partial charge in [-0.05, 0) is 62.2 Å². The van der Waals surface area contributed by atoms with Crippen LogP contribution >= 0.6 is 0 Å². The third-order valence-corrected chi connectivity index (χ3v) is 8.01. The predicted molar refractivity (Wildman–Crippen MR) is 147 cm³/mol. The Bertz CT molecular complexity index is 1880. The number of halogens is 3. The maximum absolute atomic E-state index is 13.3. The summed E-state index contributed by atoms with van der Waals surface area (Å²) in [6.45, 7) is 1.79. The van der Waals surface area contributed by atoms with Gasteiger partial charge in [-0.3, -0.25) is 0 Å². The number of fused-ring (bicyclic) bond motifs is 1. The van der Waals surface area contributed by atoms with Crippen LogP contribution in [-0.4, -0.2) is 18.4 Å². The van der Waals surface area contributed by atoms with Crippen molar-refractivity contribution in [2.75, 3.05) is 5.32 Å². The zero-order valence-corrected chi connectivity index (χ0v) is 22.6. The molecule has 0 bridgehead atoms. The Kier molecular flexibility index (Phi) is 6.61. The molecule has 2 heterocycles. The summed E-state index contributed by atoms with van der Waals surface area (Å²) in [6, 6.07) is 21.8. The van der Waals surface area contributed by atoms with Crippen LogP contribution in [0.1, 0.15) is 35.7 Å². The number of nitrogens with zero attached hydrogens (tertiary/aromatic N) is 3. The van der Waals surface area contributed by atoms with Gasteiger partial charge < -0.3 is 5.32 Å². The molecule has 0 unspecified atom stereocenters. The molecule has 0 atom stereocenters. The average Bonchev–Trinajstić information content (AvgIpc) is 3.80. The van der Waals surface area contributed by atoms with Crippen molar-refractivity contribution < 1.29 is 30.6 Å². The smallest absolute Gasteiger partial charge is 0.340 e. The Morgan fingerprint density at radius 2 is 1.71 bits per heavy atom. The lowest BCUT2D eigenvalue weighted by Crippen LogP contribution is -2.45. The van der Waals surface area contributed by atoms with Crippen LogP contribution in [0.5, 0.6) is 0 Å². The third kappa shape index (κ3) is 5.58. The van der Waals surface area contributed by atoms with Crippen LogP contribution in [0.2, 0.25) is 0 Å². The third-order valence-electron chi connectivity index (χ3n) is 6.81. The van der Waals surface area contributed by atoms with Gasteiger partial charge in [0.1, 0.15) is 16.5 Å². The largest absolute Gasteiger partial charge is 0.416 e. The van der Waals surface area contributed by atoms with Gasteiger partial charge >= 0.3 is 16.3 Å². The first-order chi connectivity index (χ1) is 19.6. The molecule has 1 saturated carbocycles. The predicted octanol–water partition coefficient (Wildman–Crippen LogP) is 6.35. The first-order valence-electron chi connectivity index (χ1n) is 12.9. The zero-order chi connectivity index (χ0) is 28.8. The average molecular weight is 578 g/mol. The number of hydrogen-bond acceptors (Lipinski definition) is 6. The quantitative estimate of drug-likeness (QED) is 0.227. The molecule has 1 N–H and O–H groups in total. The van der Waals surface area contributed by atoms with E-state index in [-0.39, 0.29) is 16.5 Å². The van der Waals surface area contributed by atoms with Gasteiger partial charge in [0.2, 0.25) is 6.20 Å². The van der Waals surface area contributed by atoms with Crippen LogP contribution in [0.3, 0.4) is 0 Å². The molecule has 1 fully saturated rings. The standard InChI is InChI=1S/C30H24F3N4O3S/c1-19-27(35-29(21-13-14-21)36-28(19)34-24-9-5-8-23(18-24)30(31,32)33)22-15-12-20-7-6-16-37(26(20)17-22)40-41(38,39)25-10-3-2-4-11-25/h2-12,15-18,21H,13-14H2,1H3,(H,34,35,36)/q+1. The van der Waals surface area contributed by atoms with E-state index in [0.29, 0.717) is 34.0 Å². The van der Waals surface area contributed by atoms with E-state index in [9.17, 15) is 21.6 Å². The molecule has 7 nitrogen and oxygen atoms in total. The Labute approximate surface area is 234 Å². The van der Waals surface area contributed by atoms with Crippen LogP contribution in [0.25, 0.3) is 22.2 Å². The van der Waals surface area contributed by atoms with Crippen molar-refractivity contribution in [3.8, 4) is 11.3 Å². The molecule has 5 aromatic rings. The summed E-state index contributed by atoms with van der Waals surface area (Å²) in [5, 5.41) is 3.79. The number of anilines is 2. The van der Waals surface area contributed by atoms with Crippen molar-refractivity contribution in [1.29, 1.82) is 0 Å². The van der Waals surface area contributed by atoms with Gasteiger partial charge in [0.25, 0.3) is 5.52 Å². The first kappa shape index (κ1) is 26.7. The normalized spacial score (nSPS) is 13.8. The highest BCUT2D eigenvalue weighted by Gasteiger charge is 2.31. The van der Waals surface area contributed by atoms with E-state index in [1.54, 1.807) is 43.3 Å². The fraction of sp³-hybridized carbons (Fsp3) is 0.167. The number of alkyl halides is 3. The second-order valence-corrected chi connectivity index (χ2v) is 11.4. The number of benzene rings is 3. The monoisotopic (exact) mass is 577 g/mol. The molecule has 3 aromatic carbocycles. The van der Waals surface area contributed by atoms with E-state index in [2.05, 4.69) is 10.3 Å². The molecule has 208 valence electrons. The van der Waals surface area contributed by atoms with Gasteiger partial charge in [-0.15, -0.1) is 4.28 Å². The van der Waals surface area contributed by atoms with Gasteiger partial charge in [-0.25, -0.2) is 9.97 Å². The van der Waals surface area contributed by atoms with Gasteiger partial charge in [-0.2, -0.15) is 21.6 Å². The van der Waals surface area contributed by atoms with E-state index in [4.69, 9.17) is 9.27 Å². The summed E-state index contributed by atoms with van der Waals surface area (Å²) in [5.74, 6) is 1.17. The maximum atomic E-state index is 13.3. The lowest BCUT2D eigenvalue weighted by Gasteiger charge is -2.15. The number of rotatable bonds is 7. The number of aromatic nitrogens is 3. The van der Waals surface area contributed by atoms with E-state index in [0.717, 1.165) is 30.4 Å². The molecular weight excluding hydrogens is 553 g/mol. The molecule has 0 radical (unpaired) electrons. The van der Waals surface area contributed by atoms with Crippen molar-refractivity contribution in [1.82, 2.24) is 9.97 Å². The van der Waals surface area contributed by atoms with Crippen molar-refractivity contribution in [2.24, 2.45) is 0 Å². The molecule has 11 heteroatoms. The Balaban J connectivity index is 1.42. The van der Waals surface area contributed by atoms with Gasteiger partial charge in [0.15, 0.2) is 0 Å². The SMILES string of the molecule is Cc1c(Nc2cccc(C(F)(F)F)c2)nc(C2CC2)nc1-c1ccc2ccc[n+](OS(=O)(=O)c3ccccc3)c2c1. The molecule has 6 rings (SSSR count). The van der Waals surface area contributed by atoms with Crippen LogP contribution in [-0.2, 0) is 16.3 Å². The lowest BCUT2D eigenvalue weighted by atomic mass is 10.0. The van der Waals surface area contributed by atoms with Gasteiger partial charge in [0, 0.05) is 39.6 Å². The fourth-order valence-corrected chi connectivity index (χ4v) is 5.42. The summed E-state index contributed by atoms with van der Waals surface area (Å²) in [7, 11) is -4.11. The van der Waals surface area contributed by atoms with Crippen LogP contribution in [0.15, 0.2) is 96.0 Å². The lowest BCUT2D eigenvalue weighted by molar-refractivity contribution is -0.835. The molecular formula is C30H24F3N4O3S+. The van der Waals surface area contributed by atoms with E-state index >= 15 is 0 Å².